The molecule has 2 aromatic carbocycles. The highest BCUT2D eigenvalue weighted by Gasteiger charge is 2.21. The largest absolute Gasteiger partial charge is 0.456 e. The summed E-state index contributed by atoms with van der Waals surface area (Å²) in [6.07, 6.45) is 0.877. The summed E-state index contributed by atoms with van der Waals surface area (Å²) in [5, 5.41) is 2.53. The Balaban J connectivity index is 2.10. The number of esters is 1. The van der Waals surface area contributed by atoms with Crippen LogP contribution in [0, 0.1) is 0 Å². The van der Waals surface area contributed by atoms with Crippen LogP contribution < -0.4 is 9.62 Å². The van der Waals surface area contributed by atoms with Gasteiger partial charge in [0.25, 0.3) is 15.9 Å². The smallest absolute Gasteiger partial charge is 0.306 e. The summed E-state index contributed by atoms with van der Waals surface area (Å²) in [6, 6.07) is 14.6. The topological polar surface area (TPSA) is 92.8 Å². The highest BCUT2D eigenvalue weighted by Crippen LogP contribution is 2.23. The second-order valence-electron chi connectivity index (χ2n) is 5.79. The van der Waals surface area contributed by atoms with Crippen LogP contribution in [-0.2, 0) is 24.3 Å². The van der Waals surface area contributed by atoms with E-state index in [0.29, 0.717) is 17.8 Å². The Morgan fingerprint density at radius 2 is 1.78 bits per heavy atom. The Bertz CT molecular complexity index is 897. The predicted octanol–water partition coefficient (Wildman–Crippen LogP) is 2.79. The first-order valence-electron chi connectivity index (χ1n) is 8.44. The molecule has 0 aliphatic heterocycles. The molecule has 0 aliphatic rings. The Morgan fingerprint density at radius 3 is 2.44 bits per heavy atom. The van der Waals surface area contributed by atoms with Gasteiger partial charge in [-0.2, -0.15) is 0 Å². The van der Waals surface area contributed by atoms with E-state index >= 15 is 0 Å². The number of nitrogens with one attached hydrogen (secondary N) is 1. The highest BCUT2D eigenvalue weighted by molar-refractivity contribution is 7.92. The van der Waals surface area contributed by atoms with Gasteiger partial charge in [-0.05, 0) is 36.8 Å². The lowest BCUT2D eigenvalue weighted by atomic mass is 10.3. The average Bonchev–Trinajstić information content (AvgIpc) is 2.67. The van der Waals surface area contributed by atoms with Gasteiger partial charge in [-0.3, -0.25) is 13.9 Å². The van der Waals surface area contributed by atoms with Crippen molar-refractivity contribution in [3.8, 4) is 0 Å². The lowest BCUT2D eigenvalue weighted by Gasteiger charge is -2.19. The van der Waals surface area contributed by atoms with Gasteiger partial charge in [-0.1, -0.05) is 31.2 Å². The fraction of sp³-hybridized carbons (Fsp3) is 0.263. The van der Waals surface area contributed by atoms with Gasteiger partial charge in [-0.15, -0.1) is 0 Å². The third-order valence-corrected chi connectivity index (χ3v) is 5.50. The lowest BCUT2D eigenvalue weighted by molar-refractivity contribution is -0.147. The van der Waals surface area contributed by atoms with Gasteiger partial charge in [0.15, 0.2) is 6.61 Å². The average molecular weight is 390 g/mol. The fourth-order valence-corrected chi connectivity index (χ4v) is 3.53. The highest BCUT2D eigenvalue weighted by atomic mass is 32.2. The molecule has 0 aromatic heterocycles. The van der Waals surface area contributed by atoms with E-state index < -0.39 is 28.5 Å². The minimum atomic E-state index is -3.79. The van der Waals surface area contributed by atoms with E-state index in [-0.39, 0.29) is 11.3 Å². The minimum Gasteiger partial charge on any atom is -0.456 e. The molecule has 0 radical (unpaired) electrons. The zero-order valence-corrected chi connectivity index (χ0v) is 16.0. The van der Waals surface area contributed by atoms with Crippen molar-refractivity contribution in [2.45, 2.75) is 24.7 Å². The first-order chi connectivity index (χ1) is 12.8. The Labute approximate surface area is 159 Å². The predicted molar refractivity (Wildman–Crippen MR) is 103 cm³/mol. The van der Waals surface area contributed by atoms with Crippen LogP contribution in [0.4, 0.5) is 11.4 Å². The Kier molecular flexibility index (Phi) is 6.95. The molecule has 2 aromatic rings. The molecule has 0 saturated heterocycles. The molecule has 27 heavy (non-hydrogen) atoms. The maximum Gasteiger partial charge on any atom is 0.306 e. The SMILES string of the molecule is CCCC(=O)OCC(=O)Nc1cccc(S(=O)(=O)N(C)c2ccccc2)c1. The van der Waals surface area contributed by atoms with Crippen LogP contribution >= 0.6 is 0 Å². The number of rotatable bonds is 8. The molecule has 1 N–H and O–H groups in total. The molecule has 0 aliphatic carbocycles. The first kappa shape index (κ1) is 20.4. The van der Waals surface area contributed by atoms with Crippen molar-refractivity contribution < 1.29 is 22.7 Å². The van der Waals surface area contributed by atoms with Crippen molar-refractivity contribution in [2.24, 2.45) is 0 Å². The third-order valence-electron chi connectivity index (χ3n) is 3.71. The summed E-state index contributed by atoms with van der Waals surface area (Å²) in [5.74, 6) is -0.987. The monoisotopic (exact) mass is 390 g/mol. The minimum absolute atomic E-state index is 0.0367. The van der Waals surface area contributed by atoms with Crippen LogP contribution in [0.25, 0.3) is 0 Å². The Hall–Kier alpha value is -2.87. The summed E-state index contributed by atoms with van der Waals surface area (Å²) >= 11 is 0. The van der Waals surface area contributed by atoms with Crippen molar-refractivity contribution in [3.05, 3.63) is 54.6 Å². The van der Waals surface area contributed by atoms with Gasteiger partial charge < -0.3 is 10.1 Å². The van der Waals surface area contributed by atoms with E-state index in [4.69, 9.17) is 4.74 Å². The zero-order valence-electron chi connectivity index (χ0n) is 15.2. The molecule has 7 nitrogen and oxygen atoms in total. The molecule has 0 saturated carbocycles. The molecule has 0 unspecified atom stereocenters. The van der Waals surface area contributed by atoms with Crippen LogP contribution in [0.1, 0.15) is 19.8 Å². The maximum atomic E-state index is 12.8. The molecule has 1 amide bonds. The number of anilines is 2. The maximum absolute atomic E-state index is 12.8. The number of hydrogen-bond acceptors (Lipinski definition) is 5. The van der Waals surface area contributed by atoms with Gasteiger partial charge >= 0.3 is 5.97 Å². The number of hydrogen-bond donors (Lipinski definition) is 1. The molecule has 0 bridgehead atoms. The van der Waals surface area contributed by atoms with Gasteiger partial charge in [0.05, 0.1) is 10.6 Å². The molecule has 0 fully saturated rings. The van der Waals surface area contributed by atoms with E-state index in [2.05, 4.69) is 5.32 Å². The van der Waals surface area contributed by atoms with Crippen LogP contribution in [0.3, 0.4) is 0 Å². The van der Waals surface area contributed by atoms with E-state index in [1.807, 2.05) is 6.92 Å². The molecule has 2 rings (SSSR count). The number of carbonyl (C=O) groups excluding carboxylic acids is 2. The van der Waals surface area contributed by atoms with Crippen LogP contribution in [0.2, 0.25) is 0 Å². The van der Waals surface area contributed by atoms with Crippen LogP contribution in [0.5, 0.6) is 0 Å². The third kappa shape index (κ3) is 5.55. The second-order valence-corrected chi connectivity index (χ2v) is 7.76. The number of benzene rings is 2. The summed E-state index contributed by atoms with van der Waals surface area (Å²) in [5.41, 5.74) is 0.823. The van der Waals surface area contributed by atoms with Crippen molar-refractivity contribution in [3.63, 3.8) is 0 Å². The standard InChI is InChI=1S/C19H22N2O5S/c1-3-8-19(23)26-14-18(22)20-15-9-7-12-17(13-15)27(24,25)21(2)16-10-5-4-6-11-16/h4-7,9-13H,3,8,14H2,1-2H3,(H,20,22). The van der Waals surface area contributed by atoms with E-state index in [1.54, 1.807) is 36.4 Å². The molecule has 144 valence electrons. The van der Waals surface area contributed by atoms with Gasteiger partial charge in [-0.25, -0.2) is 8.42 Å². The second kappa shape index (κ2) is 9.18. The number of carbonyl (C=O) groups is 2. The van der Waals surface area contributed by atoms with Gasteiger partial charge in [0, 0.05) is 19.2 Å². The summed E-state index contributed by atoms with van der Waals surface area (Å²) in [6.45, 7) is 1.42. The number of sulfonamides is 1. The van der Waals surface area contributed by atoms with Gasteiger partial charge in [0.1, 0.15) is 0 Å². The molecule has 8 heteroatoms. The fourth-order valence-electron chi connectivity index (χ4n) is 2.29. The molecular formula is C19H22N2O5S. The number of amides is 1. The lowest BCUT2D eigenvalue weighted by Crippen LogP contribution is -2.26. The van der Waals surface area contributed by atoms with E-state index in [9.17, 15) is 18.0 Å². The Morgan fingerprint density at radius 1 is 1.07 bits per heavy atom. The number of ether oxygens (including phenoxy) is 1. The van der Waals surface area contributed by atoms with E-state index in [0.717, 1.165) is 0 Å². The van der Waals surface area contributed by atoms with Crippen molar-refractivity contribution in [1.82, 2.24) is 0 Å². The number of para-hydroxylation sites is 1. The molecule has 0 heterocycles. The molecular weight excluding hydrogens is 368 g/mol. The molecule has 0 spiro atoms. The van der Waals surface area contributed by atoms with Crippen LogP contribution in [-0.4, -0.2) is 33.9 Å². The van der Waals surface area contributed by atoms with Crippen molar-refractivity contribution >= 4 is 33.3 Å². The van der Waals surface area contributed by atoms with Crippen LogP contribution in [0.15, 0.2) is 59.5 Å². The van der Waals surface area contributed by atoms with Gasteiger partial charge in [0.2, 0.25) is 0 Å². The summed E-state index contributed by atoms with van der Waals surface area (Å²) in [7, 11) is -2.33. The zero-order chi connectivity index (χ0) is 19.9. The van der Waals surface area contributed by atoms with Crippen molar-refractivity contribution in [2.75, 3.05) is 23.3 Å². The van der Waals surface area contributed by atoms with Crippen molar-refractivity contribution in [1.29, 1.82) is 0 Å². The quantitative estimate of drug-likeness (QED) is 0.700. The first-order valence-corrected chi connectivity index (χ1v) is 9.88. The molecule has 0 atom stereocenters. The number of nitrogens with zero attached hydrogens (tertiary/aromatic N) is 1. The summed E-state index contributed by atoms with van der Waals surface area (Å²) in [4.78, 5) is 23.2. The summed E-state index contributed by atoms with van der Waals surface area (Å²) < 4.78 is 31.6. The van der Waals surface area contributed by atoms with E-state index in [1.165, 1.54) is 29.6 Å². The normalized spacial score (nSPS) is 10.9.